The van der Waals surface area contributed by atoms with E-state index >= 15 is 0 Å². The highest BCUT2D eigenvalue weighted by Crippen LogP contribution is 2.24. The Morgan fingerprint density at radius 1 is 0.950 bits per heavy atom. The van der Waals surface area contributed by atoms with Gasteiger partial charge in [-0.3, -0.25) is 0 Å². The smallest absolute Gasteiger partial charge is 0.00967 e. The molecule has 20 heavy (non-hydrogen) atoms. The summed E-state index contributed by atoms with van der Waals surface area (Å²) in [5, 5.41) is 3.69. The van der Waals surface area contributed by atoms with Crippen LogP contribution in [0, 0.1) is 5.41 Å². The quantitative estimate of drug-likeness (QED) is 0.665. The zero-order valence-corrected chi connectivity index (χ0v) is 15.3. The first-order valence-corrected chi connectivity index (χ1v) is 8.16. The van der Waals surface area contributed by atoms with Crippen LogP contribution in [0.1, 0.15) is 53.9 Å². The van der Waals surface area contributed by atoms with Gasteiger partial charge >= 0.3 is 0 Å². The van der Waals surface area contributed by atoms with E-state index in [1.165, 1.54) is 38.9 Å². The van der Waals surface area contributed by atoms with Crippen molar-refractivity contribution < 1.29 is 0 Å². The summed E-state index contributed by atoms with van der Waals surface area (Å²) in [7, 11) is 6.56. The van der Waals surface area contributed by atoms with Crippen molar-refractivity contribution >= 4 is 0 Å². The Labute approximate surface area is 128 Å². The standard InChI is InChI=1S/C17H39N3/c1-9-11-17(5,14-18-16(2,3)4)15-20(8)13-10-12-19(6)7/h18H,9-15H2,1-8H3. The molecule has 0 bridgehead atoms. The molecular formula is C17H39N3. The summed E-state index contributed by atoms with van der Waals surface area (Å²) >= 11 is 0. The van der Waals surface area contributed by atoms with Crippen LogP contribution >= 0.6 is 0 Å². The third-order valence-corrected chi connectivity index (χ3v) is 3.70. The fraction of sp³-hybridized carbons (Fsp3) is 1.00. The van der Waals surface area contributed by atoms with Gasteiger partial charge in [0.2, 0.25) is 0 Å². The SMILES string of the molecule is CCCC(C)(CNC(C)(C)C)CN(C)CCCN(C)C. The van der Waals surface area contributed by atoms with Crippen molar-refractivity contribution in [2.45, 2.75) is 59.4 Å². The summed E-state index contributed by atoms with van der Waals surface area (Å²) < 4.78 is 0. The second-order valence-corrected chi connectivity index (χ2v) is 8.06. The van der Waals surface area contributed by atoms with Gasteiger partial charge in [0.15, 0.2) is 0 Å². The molecule has 1 N–H and O–H groups in total. The van der Waals surface area contributed by atoms with Gasteiger partial charge in [-0.05, 0) is 73.3 Å². The van der Waals surface area contributed by atoms with Gasteiger partial charge in [-0.1, -0.05) is 20.3 Å². The third-order valence-electron chi connectivity index (χ3n) is 3.70. The molecule has 0 amide bonds. The predicted octanol–water partition coefficient (Wildman–Crippen LogP) is 3.06. The summed E-state index contributed by atoms with van der Waals surface area (Å²) in [6.45, 7) is 16.1. The number of hydrogen-bond donors (Lipinski definition) is 1. The van der Waals surface area contributed by atoms with E-state index in [1.807, 2.05) is 0 Å². The molecule has 122 valence electrons. The fourth-order valence-electron chi connectivity index (χ4n) is 2.69. The number of rotatable bonds is 10. The number of hydrogen-bond acceptors (Lipinski definition) is 3. The van der Waals surface area contributed by atoms with Gasteiger partial charge in [-0.15, -0.1) is 0 Å². The van der Waals surface area contributed by atoms with E-state index in [0.29, 0.717) is 5.41 Å². The molecule has 0 aromatic rings. The molecule has 3 heteroatoms. The van der Waals surface area contributed by atoms with Crippen LogP contribution in [-0.2, 0) is 0 Å². The van der Waals surface area contributed by atoms with Crippen molar-refractivity contribution in [3.63, 3.8) is 0 Å². The summed E-state index contributed by atoms with van der Waals surface area (Å²) in [5.41, 5.74) is 0.577. The second-order valence-electron chi connectivity index (χ2n) is 8.06. The largest absolute Gasteiger partial charge is 0.311 e. The molecule has 3 nitrogen and oxygen atoms in total. The van der Waals surface area contributed by atoms with Crippen LogP contribution in [0.5, 0.6) is 0 Å². The maximum absolute atomic E-state index is 3.69. The van der Waals surface area contributed by atoms with Gasteiger partial charge in [0, 0.05) is 18.6 Å². The average molecular weight is 286 g/mol. The van der Waals surface area contributed by atoms with Crippen LogP contribution in [0.25, 0.3) is 0 Å². The van der Waals surface area contributed by atoms with E-state index in [0.717, 1.165) is 6.54 Å². The van der Waals surface area contributed by atoms with Crippen LogP contribution < -0.4 is 5.32 Å². The van der Waals surface area contributed by atoms with Gasteiger partial charge in [0.05, 0.1) is 0 Å². The van der Waals surface area contributed by atoms with E-state index in [9.17, 15) is 0 Å². The first-order valence-electron chi connectivity index (χ1n) is 8.16. The molecule has 1 atom stereocenters. The molecule has 0 aliphatic carbocycles. The van der Waals surface area contributed by atoms with E-state index in [-0.39, 0.29) is 5.54 Å². The first-order chi connectivity index (χ1) is 9.08. The first kappa shape index (κ1) is 19.9. The maximum Gasteiger partial charge on any atom is 0.00967 e. The lowest BCUT2D eigenvalue weighted by molar-refractivity contribution is 0.158. The average Bonchev–Trinajstić information content (AvgIpc) is 2.25. The number of nitrogens with zero attached hydrogens (tertiary/aromatic N) is 2. The zero-order chi connectivity index (χ0) is 15.8. The van der Waals surface area contributed by atoms with Crippen LogP contribution in [0.3, 0.4) is 0 Å². The van der Waals surface area contributed by atoms with Gasteiger partial charge in [0.1, 0.15) is 0 Å². The minimum Gasteiger partial charge on any atom is -0.311 e. The van der Waals surface area contributed by atoms with E-state index in [2.05, 4.69) is 70.9 Å². The van der Waals surface area contributed by atoms with E-state index < -0.39 is 0 Å². The van der Waals surface area contributed by atoms with Crippen molar-refractivity contribution in [3.8, 4) is 0 Å². The Morgan fingerprint density at radius 2 is 1.55 bits per heavy atom. The minimum absolute atomic E-state index is 0.207. The maximum atomic E-state index is 3.69. The highest BCUT2D eigenvalue weighted by molar-refractivity contribution is 4.83. The molecule has 0 saturated heterocycles. The Morgan fingerprint density at radius 3 is 2.00 bits per heavy atom. The lowest BCUT2D eigenvalue weighted by Gasteiger charge is -2.37. The van der Waals surface area contributed by atoms with Crippen molar-refractivity contribution in [2.75, 3.05) is 47.3 Å². The predicted molar refractivity (Wildman–Crippen MR) is 91.4 cm³/mol. The molecule has 0 radical (unpaired) electrons. The Kier molecular flexibility index (Phi) is 8.96. The molecule has 0 spiro atoms. The normalized spacial score (nSPS) is 15.9. The van der Waals surface area contributed by atoms with Crippen LogP contribution in [0.15, 0.2) is 0 Å². The fourth-order valence-corrected chi connectivity index (χ4v) is 2.69. The highest BCUT2D eigenvalue weighted by atomic mass is 15.1. The molecule has 0 heterocycles. The summed E-state index contributed by atoms with van der Waals surface area (Å²) in [5.74, 6) is 0. The van der Waals surface area contributed by atoms with Gasteiger partial charge in [-0.2, -0.15) is 0 Å². The number of nitrogens with one attached hydrogen (secondary N) is 1. The molecule has 0 aromatic carbocycles. The van der Waals surface area contributed by atoms with Crippen LogP contribution in [0.2, 0.25) is 0 Å². The second kappa shape index (κ2) is 9.01. The van der Waals surface area contributed by atoms with Crippen molar-refractivity contribution in [2.24, 2.45) is 5.41 Å². The topological polar surface area (TPSA) is 18.5 Å². The third kappa shape index (κ3) is 10.6. The summed E-state index contributed by atoms with van der Waals surface area (Å²) in [4.78, 5) is 4.77. The van der Waals surface area contributed by atoms with Crippen molar-refractivity contribution in [1.82, 2.24) is 15.1 Å². The minimum atomic E-state index is 0.207. The lowest BCUT2D eigenvalue weighted by Crippen LogP contribution is -2.47. The van der Waals surface area contributed by atoms with Crippen LogP contribution in [0.4, 0.5) is 0 Å². The summed E-state index contributed by atoms with van der Waals surface area (Å²) in [6, 6.07) is 0. The van der Waals surface area contributed by atoms with Crippen molar-refractivity contribution in [3.05, 3.63) is 0 Å². The summed E-state index contributed by atoms with van der Waals surface area (Å²) in [6.07, 6.45) is 3.79. The molecule has 0 aliphatic rings. The molecule has 0 saturated carbocycles. The van der Waals surface area contributed by atoms with Gasteiger partial charge < -0.3 is 15.1 Å². The van der Waals surface area contributed by atoms with E-state index in [4.69, 9.17) is 0 Å². The zero-order valence-electron chi connectivity index (χ0n) is 15.3. The molecule has 0 aliphatic heterocycles. The Hall–Kier alpha value is -0.120. The molecule has 0 fully saturated rings. The van der Waals surface area contributed by atoms with Crippen molar-refractivity contribution in [1.29, 1.82) is 0 Å². The lowest BCUT2D eigenvalue weighted by atomic mass is 9.84. The van der Waals surface area contributed by atoms with Gasteiger partial charge in [-0.25, -0.2) is 0 Å². The van der Waals surface area contributed by atoms with Crippen LogP contribution in [-0.4, -0.2) is 62.7 Å². The highest BCUT2D eigenvalue weighted by Gasteiger charge is 2.26. The molecule has 1 unspecified atom stereocenters. The van der Waals surface area contributed by atoms with Gasteiger partial charge in [0.25, 0.3) is 0 Å². The monoisotopic (exact) mass is 285 g/mol. The molecule has 0 rings (SSSR count). The van der Waals surface area contributed by atoms with E-state index in [1.54, 1.807) is 0 Å². The molecule has 0 aromatic heterocycles. The Balaban J connectivity index is 4.28. The Bertz CT molecular complexity index is 245. The molecular weight excluding hydrogens is 246 g/mol.